The maximum Gasteiger partial charge on any atom is 0.317 e. The van der Waals surface area contributed by atoms with Gasteiger partial charge in [-0.2, -0.15) is 0 Å². The fourth-order valence-electron chi connectivity index (χ4n) is 1.18. The van der Waals surface area contributed by atoms with Crippen LogP contribution < -0.4 is 0 Å². The van der Waals surface area contributed by atoms with E-state index in [9.17, 15) is 4.79 Å². The standard InChI is InChI=1S/C9H13N3O2S/c1-12(6-8(13)14)5-7-9(15-2)11-4-3-10-7/h3-4H,5-6H2,1-2H3,(H,13,14). The average molecular weight is 227 g/mol. The minimum atomic E-state index is -0.841. The monoisotopic (exact) mass is 227 g/mol. The van der Waals surface area contributed by atoms with Crippen LogP contribution in [0, 0.1) is 0 Å². The van der Waals surface area contributed by atoms with E-state index in [1.54, 1.807) is 24.3 Å². The van der Waals surface area contributed by atoms with Gasteiger partial charge in [-0.25, -0.2) is 4.98 Å². The zero-order valence-electron chi connectivity index (χ0n) is 8.67. The highest BCUT2D eigenvalue weighted by molar-refractivity contribution is 7.98. The van der Waals surface area contributed by atoms with E-state index in [1.807, 2.05) is 6.26 Å². The Balaban J connectivity index is 2.67. The van der Waals surface area contributed by atoms with E-state index in [2.05, 4.69) is 9.97 Å². The molecule has 1 heterocycles. The Morgan fingerprint density at radius 3 is 2.80 bits per heavy atom. The third-order valence-corrected chi connectivity index (χ3v) is 2.48. The maximum absolute atomic E-state index is 10.5. The number of aromatic nitrogens is 2. The third kappa shape index (κ3) is 3.85. The molecule has 15 heavy (non-hydrogen) atoms. The molecule has 0 saturated heterocycles. The van der Waals surface area contributed by atoms with E-state index in [0.29, 0.717) is 6.54 Å². The summed E-state index contributed by atoms with van der Waals surface area (Å²) >= 11 is 1.51. The molecule has 0 unspecified atom stereocenters. The molecule has 0 aliphatic carbocycles. The van der Waals surface area contributed by atoms with Crippen molar-refractivity contribution in [3.8, 4) is 0 Å². The van der Waals surface area contributed by atoms with Gasteiger partial charge in [-0.15, -0.1) is 11.8 Å². The maximum atomic E-state index is 10.5. The second kappa shape index (κ2) is 5.67. The van der Waals surface area contributed by atoms with Crippen molar-refractivity contribution in [2.45, 2.75) is 11.6 Å². The quantitative estimate of drug-likeness (QED) is 0.747. The topological polar surface area (TPSA) is 66.3 Å². The van der Waals surface area contributed by atoms with E-state index in [4.69, 9.17) is 5.11 Å². The summed E-state index contributed by atoms with van der Waals surface area (Å²) in [4.78, 5) is 20.5. The van der Waals surface area contributed by atoms with Gasteiger partial charge >= 0.3 is 5.97 Å². The Bertz CT molecular complexity index is 346. The van der Waals surface area contributed by atoms with Gasteiger partial charge in [0, 0.05) is 18.9 Å². The van der Waals surface area contributed by atoms with Crippen LogP contribution in [0.2, 0.25) is 0 Å². The first kappa shape index (κ1) is 11.9. The largest absolute Gasteiger partial charge is 0.480 e. The fraction of sp³-hybridized carbons (Fsp3) is 0.444. The fourth-order valence-corrected chi connectivity index (χ4v) is 1.69. The molecule has 0 radical (unpaired) electrons. The summed E-state index contributed by atoms with van der Waals surface area (Å²) in [6.45, 7) is 0.501. The van der Waals surface area contributed by atoms with Crippen molar-refractivity contribution in [2.24, 2.45) is 0 Å². The third-order valence-electron chi connectivity index (χ3n) is 1.75. The molecule has 0 fully saturated rings. The molecule has 0 spiro atoms. The van der Waals surface area contributed by atoms with Gasteiger partial charge in [-0.05, 0) is 13.3 Å². The number of hydrogen-bond acceptors (Lipinski definition) is 5. The van der Waals surface area contributed by atoms with Crippen molar-refractivity contribution >= 4 is 17.7 Å². The first-order chi connectivity index (χ1) is 7.13. The zero-order chi connectivity index (χ0) is 11.3. The van der Waals surface area contributed by atoms with Crippen LogP contribution in [-0.4, -0.2) is 45.8 Å². The molecule has 82 valence electrons. The van der Waals surface area contributed by atoms with Gasteiger partial charge in [-0.1, -0.05) is 0 Å². The predicted molar refractivity (Wildman–Crippen MR) is 57.8 cm³/mol. The number of hydrogen-bond donors (Lipinski definition) is 1. The summed E-state index contributed by atoms with van der Waals surface area (Å²) in [6, 6.07) is 0. The number of aliphatic carboxylic acids is 1. The number of carboxylic acids is 1. The molecule has 1 N–H and O–H groups in total. The smallest absolute Gasteiger partial charge is 0.317 e. The van der Waals surface area contributed by atoms with Gasteiger partial charge in [0.2, 0.25) is 0 Å². The lowest BCUT2D eigenvalue weighted by molar-refractivity contribution is -0.138. The predicted octanol–water partition coefficient (Wildman–Crippen LogP) is 0.715. The SMILES string of the molecule is CSc1nccnc1CN(C)CC(=O)O. The van der Waals surface area contributed by atoms with E-state index in [1.165, 1.54) is 11.8 Å². The second-order valence-electron chi connectivity index (χ2n) is 3.08. The van der Waals surface area contributed by atoms with Crippen LogP contribution in [0.25, 0.3) is 0 Å². The number of carboxylic acid groups (broad SMARTS) is 1. The summed E-state index contributed by atoms with van der Waals surface area (Å²) in [6.07, 6.45) is 5.17. The molecule has 6 heteroatoms. The number of rotatable bonds is 5. The van der Waals surface area contributed by atoms with E-state index in [-0.39, 0.29) is 6.54 Å². The number of thioether (sulfide) groups is 1. The Labute approximate surface area is 92.5 Å². The van der Waals surface area contributed by atoms with Crippen LogP contribution in [-0.2, 0) is 11.3 Å². The van der Waals surface area contributed by atoms with Crippen LogP contribution in [0.3, 0.4) is 0 Å². The lowest BCUT2D eigenvalue weighted by atomic mass is 10.4. The Morgan fingerprint density at radius 1 is 1.53 bits per heavy atom. The molecule has 0 aromatic carbocycles. The van der Waals surface area contributed by atoms with Gasteiger partial charge in [0.15, 0.2) is 0 Å². The molecule has 0 aliphatic heterocycles. The average Bonchev–Trinajstić information content (AvgIpc) is 2.17. The minimum absolute atomic E-state index is 0.00436. The molecule has 0 aliphatic rings. The van der Waals surface area contributed by atoms with Crippen LogP contribution >= 0.6 is 11.8 Å². The van der Waals surface area contributed by atoms with Crippen LogP contribution in [0.1, 0.15) is 5.69 Å². The molecule has 5 nitrogen and oxygen atoms in total. The Morgan fingerprint density at radius 2 is 2.20 bits per heavy atom. The van der Waals surface area contributed by atoms with Crippen molar-refractivity contribution in [3.63, 3.8) is 0 Å². The highest BCUT2D eigenvalue weighted by Crippen LogP contribution is 2.15. The van der Waals surface area contributed by atoms with Crippen LogP contribution in [0.15, 0.2) is 17.4 Å². The first-order valence-corrected chi connectivity index (χ1v) is 5.60. The van der Waals surface area contributed by atoms with Crippen molar-refractivity contribution in [1.82, 2.24) is 14.9 Å². The van der Waals surface area contributed by atoms with Gasteiger partial charge < -0.3 is 5.11 Å². The van der Waals surface area contributed by atoms with E-state index < -0.39 is 5.97 Å². The summed E-state index contributed by atoms with van der Waals surface area (Å²) < 4.78 is 0. The summed E-state index contributed by atoms with van der Waals surface area (Å²) in [5.74, 6) is -0.841. The summed E-state index contributed by atoms with van der Waals surface area (Å²) in [7, 11) is 1.74. The van der Waals surface area contributed by atoms with Crippen molar-refractivity contribution in [3.05, 3.63) is 18.1 Å². The van der Waals surface area contributed by atoms with E-state index in [0.717, 1.165) is 10.7 Å². The molecule has 1 aromatic heterocycles. The minimum Gasteiger partial charge on any atom is -0.480 e. The Hall–Kier alpha value is -1.14. The molecule has 0 bridgehead atoms. The van der Waals surface area contributed by atoms with Gasteiger partial charge in [0.1, 0.15) is 5.03 Å². The molecule has 1 aromatic rings. The number of nitrogens with zero attached hydrogens (tertiary/aromatic N) is 3. The zero-order valence-corrected chi connectivity index (χ0v) is 9.49. The van der Waals surface area contributed by atoms with Crippen molar-refractivity contribution in [1.29, 1.82) is 0 Å². The number of likely N-dealkylation sites (N-methyl/N-ethyl adjacent to an activating group) is 1. The van der Waals surface area contributed by atoms with Gasteiger partial charge in [-0.3, -0.25) is 14.7 Å². The molecule has 1 rings (SSSR count). The van der Waals surface area contributed by atoms with E-state index >= 15 is 0 Å². The molecule has 0 atom stereocenters. The highest BCUT2D eigenvalue weighted by atomic mass is 32.2. The molecule has 0 saturated carbocycles. The Kier molecular flexibility index (Phi) is 4.51. The molecular weight excluding hydrogens is 214 g/mol. The lowest BCUT2D eigenvalue weighted by Gasteiger charge is -2.14. The van der Waals surface area contributed by atoms with Crippen molar-refractivity contribution < 1.29 is 9.90 Å². The molecular formula is C9H13N3O2S. The van der Waals surface area contributed by atoms with Crippen molar-refractivity contribution in [2.75, 3.05) is 19.8 Å². The molecule has 0 amide bonds. The normalized spacial score (nSPS) is 10.6. The van der Waals surface area contributed by atoms with Gasteiger partial charge in [0.05, 0.1) is 12.2 Å². The summed E-state index contributed by atoms with van der Waals surface area (Å²) in [5.41, 5.74) is 0.814. The van der Waals surface area contributed by atoms with Gasteiger partial charge in [0.25, 0.3) is 0 Å². The van der Waals surface area contributed by atoms with Crippen LogP contribution in [0.5, 0.6) is 0 Å². The number of carbonyl (C=O) groups is 1. The first-order valence-electron chi connectivity index (χ1n) is 4.37. The lowest BCUT2D eigenvalue weighted by Crippen LogP contribution is -2.25. The second-order valence-corrected chi connectivity index (χ2v) is 3.87. The highest BCUT2D eigenvalue weighted by Gasteiger charge is 2.09. The summed E-state index contributed by atoms with van der Waals surface area (Å²) in [5, 5.41) is 9.45. The van der Waals surface area contributed by atoms with Crippen LogP contribution in [0.4, 0.5) is 0 Å².